The summed E-state index contributed by atoms with van der Waals surface area (Å²) in [7, 11) is -4.29. The van der Waals surface area contributed by atoms with E-state index in [-0.39, 0.29) is 11.5 Å². The fourth-order valence-corrected chi connectivity index (χ4v) is 5.27. The molecule has 0 aliphatic carbocycles. The molecule has 0 spiro atoms. The average Bonchev–Trinajstić information content (AvgIpc) is 2.50. The lowest BCUT2D eigenvalue weighted by atomic mass is 10.2. The zero-order valence-electron chi connectivity index (χ0n) is 15.0. The quantitative estimate of drug-likeness (QED) is 0.450. The van der Waals surface area contributed by atoms with Gasteiger partial charge in [-0.05, 0) is 30.4 Å². The normalized spacial score (nSPS) is 13.9. The Morgan fingerprint density at radius 3 is 2.08 bits per heavy atom. The first-order valence-corrected chi connectivity index (χ1v) is 11.1. The molecule has 1 atom stereocenters. The van der Waals surface area contributed by atoms with E-state index in [2.05, 4.69) is 27.7 Å². The summed E-state index contributed by atoms with van der Waals surface area (Å²) in [5, 5.41) is 0. The third-order valence-electron chi connectivity index (χ3n) is 3.68. The number of halogens is 1. The van der Waals surface area contributed by atoms with Crippen molar-refractivity contribution in [2.75, 3.05) is 19.6 Å². The van der Waals surface area contributed by atoms with Gasteiger partial charge in [-0.15, -0.1) is 0 Å². The molecule has 0 aliphatic rings. The molecular formula is C17H28FO4PS. The molecule has 0 heterocycles. The predicted octanol–water partition coefficient (Wildman–Crippen LogP) is 4.31. The monoisotopic (exact) mass is 378 g/mol. The molecule has 24 heavy (non-hydrogen) atoms. The molecule has 1 rings (SSSR count). The fraction of sp³-hybridized carbons (Fsp3) is 0.647. The molecule has 7 heteroatoms. The van der Waals surface area contributed by atoms with Gasteiger partial charge in [0, 0.05) is 0 Å². The van der Waals surface area contributed by atoms with Crippen LogP contribution in [-0.4, -0.2) is 45.5 Å². The third kappa shape index (κ3) is 6.75. The molecule has 0 fully saturated rings. The molecule has 0 saturated carbocycles. The lowest BCUT2D eigenvalue weighted by molar-refractivity contribution is 0.0313. The highest BCUT2D eigenvalue weighted by Crippen LogP contribution is 2.45. The molecule has 138 valence electrons. The Labute approximate surface area is 146 Å². The highest BCUT2D eigenvalue weighted by atomic mass is 32.2. The van der Waals surface area contributed by atoms with E-state index < -0.39 is 30.8 Å². The second-order valence-corrected chi connectivity index (χ2v) is 11.3. The maximum atomic E-state index is 13.1. The van der Waals surface area contributed by atoms with Crippen LogP contribution in [0.4, 0.5) is 4.39 Å². The van der Waals surface area contributed by atoms with Gasteiger partial charge in [-0.3, -0.25) is 4.18 Å². The Morgan fingerprint density at radius 2 is 1.62 bits per heavy atom. The summed E-state index contributed by atoms with van der Waals surface area (Å²) in [6, 6.07) is 6.34. The number of benzene rings is 1. The summed E-state index contributed by atoms with van der Waals surface area (Å²) in [4.78, 5) is 0.0670. The van der Waals surface area contributed by atoms with Crippen molar-refractivity contribution >= 4 is 18.0 Å². The summed E-state index contributed by atoms with van der Waals surface area (Å²) in [5.74, 6) is 0. The number of hydrogen-bond donors (Lipinski definition) is 0. The zero-order chi connectivity index (χ0) is 18.3. The largest absolute Gasteiger partial charge is 0.369 e. The standard InChI is InChI=1S/C17H28FO4PS/c1-13(2)23(14(3)4)12-21-16(10-18)11-22-24(19,20)17-8-6-15(5)7-9-17/h6-9,13-14,16H,10-12H2,1-5H3. The minimum absolute atomic E-state index is 0.0670. The highest BCUT2D eigenvalue weighted by Gasteiger charge is 2.22. The van der Waals surface area contributed by atoms with Crippen LogP contribution in [0.25, 0.3) is 0 Å². The minimum Gasteiger partial charge on any atom is -0.369 e. The van der Waals surface area contributed by atoms with Crippen molar-refractivity contribution < 1.29 is 21.7 Å². The van der Waals surface area contributed by atoms with Gasteiger partial charge in [0.25, 0.3) is 10.1 Å². The first-order valence-electron chi connectivity index (χ1n) is 8.06. The van der Waals surface area contributed by atoms with Gasteiger partial charge in [-0.25, -0.2) is 4.39 Å². The summed E-state index contributed by atoms with van der Waals surface area (Å²) >= 11 is 0. The van der Waals surface area contributed by atoms with Gasteiger partial charge in [0.2, 0.25) is 0 Å². The van der Waals surface area contributed by atoms with Crippen molar-refractivity contribution in [3.8, 4) is 0 Å². The zero-order valence-corrected chi connectivity index (χ0v) is 16.7. The van der Waals surface area contributed by atoms with Gasteiger partial charge in [0.15, 0.2) is 0 Å². The Hall–Kier alpha value is -0.550. The number of ether oxygens (including phenoxy) is 1. The van der Waals surface area contributed by atoms with Crippen molar-refractivity contribution in [1.82, 2.24) is 0 Å². The number of alkyl halides is 1. The predicted molar refractivity (Wildman–Crippen MR) is 97.2 cm³/mol. The molecule has 1 aromatic rings. The van der Waals surface area contributed by atoms with Gasteiger partial charge >= 0.3 is 0 Å². The molecule has 0 aromatic heterocycles. The fourth-order valence-electron chi connectivity index (χ4n) is 2.16. The summed E-state index contributed by atoms with van der Waals surface area (Å²) < 4.78 is 48.0. The van der Waals surface area contributed by atoms with Crippen LogP contribution in [0, 0.1) is 6.92 Å². The maximum absolute atomic E-state index is 13.1. The highest BCUT2D eigenvalue weighted by molar-refractivity contribution is 7.86. The van der Waals surface area contributed by atoms with E-state index in [0.29, 0.717) is 17.7 Å². The van der Waals surface area contributed by atoms with E-state index in [4.69, 9.17) is 8.92 Å². The first kappa shape index (κ1) is 21.5. The van der Waals surface area contributed by atoms with Gasteiger partial charge in [-0.2, -0.15) is 8.42 Å². The lowest BCUT2D eigenvalue weighted by Crippen LogP contribution is -2.25. The topological polar surface area (TPSA) is 52.6 Å². The van der Waals surface area contributed by atoms with Crippen molar-refractivity contribution in [3.05, 3.63) is 29.8 Å². The van der Waals surface area contributed by atoms with Gasteiger partial charge in [-0.1, -0.05) is 53.3 Å². The van der Waals surface area contributed by atoms with Crippen LogP contribution in [0.15, 0.2) is 29.2 Å². The summed E-state index contributed by atoms with van der Waals surface area (Å²) in [6.07, 6.45) is -0.416. The molecule has 0 amide bonds. The molecule has 0 radical (unpaired) electrons. The second kappa shape index (κ2) is 9.81. The van der Waals surface area contributed by atoms with E-state index in [1.165, 1.54) is 12.1 Å². The van der Waals surface area contributed by atoms with E-state index in [9.17, 15) is 12.8 Å². The molecule has 0 aliphatic heterocycles. The Bertz CT molecular complexity index is 579. The van der Waals surface area contributed by atoms with E-state index in [1.54, 1.807) is 12.1 Å². The summed E-state index contributed by atoms with van der Waals surface area (Å²) in [6.45, 7) is 9.27. The smallest absolute Gasteiger partial charge is 0.297 e. The van der Waals surface area contributed by atoms with Gasteiger partial charge in [0.1, 0.15) is 12.8 Å². The Kier molecular flexibility index (Phi) is 8.78. The molecule has 0 N–H and O–H groups in total. The maximum Gasteiger partial charge on any atom is 0.297 e. The van der Waals surface area contributed by atoms with E-state index >= 15 is 0 Å². The van der Waals surface area contributed by atoms with Gasteiger partial charge < -0.3 is 4.74 Å². The SMILES string of the molecule is Cc1ccc(S(=O)(=O)OCC(CF)OCP(C(C)C)C(C)C)cc1. The van der Waals surface area contributed by atoms with Crippen molar-refractivity contribution in [1.29, 1.82) is 0 Å². The molecule has 0 saturated heterocycles. The van der Waals surface area contributed by atoms with Crippen molar-refractivity contribution in [3.63, 3.8) is 0 Å². The van der Waals surface area contributed by atoms with E-state index in [1.807, 2.05) is 6.92 Å². The van der Waals surface area contributed by atoms with Crippen LogP contribution in [0.3, 0.4) is 0 Å². The second-order valence-electron chi connectivity index (χ2n) is 6.33. The van der Waals surface area contributed by atoms with Crippen LogP contribution in [0.1, 0.15) is 33.3 Å². The Morgan fingerprint density at radius 1 is 1.08 bits per heavy atom. The molecule has 1 unspecified atom stereocenters. The third-order valence-corrected chi connectivity index (χ3v) is 8.07. The van der Waals surface area contributed by atoms with Crippen molar-refractivity contribution in [2.45, 2.75) is 56.9 Å². The number of hydrogen-bond acceptors (Lipinski definition) is 4. The molecular weight excluding hydrogens is 350 g/mol. The minimum atomic E-state index is -3.89. The molecule has 1 aromatic carbocycles. The lowest BCUT2D eigenvalue weighted by Gasteiger charge is -2.27. The van der Waals surface area contributed by atoms with Crippen LogP contribution in [-0.2, 0) is 19.0 Å². The Balaban J connectivity index is 2.61. The first-order chi connectivity index (χ1) is 11.2. The van der Waals surface area contributed by atoms with Crippen LogP contribution in [0.5, 0.6) is 0 Å². The van der Waals surface area contributed by atoms with Crippen molar-refractivity contribution in [2.24, 2.45) is 0 Å². The van der Waals surface area contributed by atoms with E-state index in [0.717, 1.165) is 5.56 Å². The van der Waals surface area contributed by atoms with Crippen LogP contribution < -0.4 is 0 Å². The average molecular weight is 378 g/mol. The van der Waals surface area contributed by atoms with Crippen LogP contribution in [0.2, 0.25) is 0 Å². The summed E-state index contributed by atoms with van der Waals surface area (Å²) in [5.41, 5.74) is 1.89. The number of rotatable bonds is 10. The number of aryl methyl sites for hydroxylation is 1. The molecule has 4 nitrogen and oxygen atoms in total. The van der Waals surface area contributed by atoms with Gasteiger partial charge in [0.05, 0.1) is 17.9 Å². The molecule has 0 bridgehead atoms. The van der Waals surface area contributed by atoms with Crippen LogP contribution >= 0.6 is 7.92 Å².